The minimum atomic E-state index is -0.134. The fourth-order valence-corrected chi connectivity index (χ4v) is 2.97. The van der Waals surface area contributed by atoms with Gasteiger partial charge in [0.2, 0.25) is 0 Å². The highest BCUT2D eigenvalue weighted by atomic mass is 19.1. The first-order chi connectivity index (χ1) is 9.08. The van der Waals surface area contributed by atoms with Crippen LogP contribution < -0.4 is 10.2 Å². The van der Waals surface area contributed by atoms with Crippen molar-refractivity contribution in [2.45, 2.75) is 45.6 Å². The van der Waals surface area contributed by atoms with Gasteiger partial charge >= 0.3 is 0 Å². The minimum absolute atomic E-state index is 0.134. The van der Waals surface area contributed by atoms with Gasteiger partial charge in [0, 0.05) is 24.3 Å². The van der Waals surface area contributed by atoms with E-state index in [1.807, 2.05) is 6.92 Å². The molecule has 0 spiro atoms. The molecule has 1 heterocycles. The molecule has 0 atom stereocenters. The zero-order chi connectivity index (χ0) is 13.9. The number of aryl methyl sites for hydroxylation is 1. The summed E-state index contributed by atoms with van der Waals surface area (Å²) in [7, 11) is 0. The number of nitrogens with zero attached hydrogens (tertiary/aromatic N) is 1. The van der Waals surface area contributed by atoms with Gasteiger partial charge in [0.05, 0.1) is 0 Å². The molecular weight excluding hydrogens is 239 g/mol. The molecular formula is C16H25FN2. The van der Waals surface area contributed by atoms with Crippen LogP contribution in [-0.4, -0.2) is 25.2 Å². The highest BCUT2D eigenvalue weighted by Gasteiger charge is 2.30. The molecule has 0 unspecified atom stereocenters. The maximum atomic E-state index is 13.6. The summed E-state index contributed by atoms with van der Waals surface area (Å²) in [5.41, 5.74) is 2.18. The summed E-state index contributed by atoms with van der Waals surface area (Å²) in [5, 5.41) is 3.69. The third-order valence-corrected chi connectivity index (χ3v) is 4.34. The fourth-order valence-electron chi connectivity index (χ4n) is 2.97. The Kier molecular flexibility index (Phi) is 4.46. The van der Waals surface area contributed by atoms with Gasteiger partial charge in [-0.25, -0.2) is 4.39 Å². The van der Waals surface area contributed by atoms with Gasteiger partial charge in [-0.15, -0.1) is 0 Å². The van der Waals surface area contributed by atoms with Crippen molar-refractivity contribution in [3.05, 3.63) is 29.6 Å². The van der Waals surface area contributed by atoms with Crippen LogP contribution >= 0.6 is 0 Å². The Morgan fingerprint density at radius 1 is 1.26 bits per heavy atom. The molecule has 1 aliphatic heterocycles. The predicted octanol–water partition coefficient (Wildman–Crippen LogP) is 3.49. The van der Waals surface area contributed by atoms with Crippen molar-refractivity contribution < 1.29 is 4.39 Å². The largest absolute Gasteiger partial charge is 0.370 e. The lowest BCUT2D eigenvalue weighted by molar-refractivity contribution is 0.321. The number of hydrogen-bond acceptors (Lipinski definition) is 2. The van der Waals surface area contributed by atoms with Crippen LogP contribution in [0.3, 0.4) is 0 Å². The van der Waals surface area contributed by atoms with Crippen molar-refractivity contribution in [3.8, 4) is 0 Å². The summed E-state index contributed by atoms with van der Waals surface area (Å²) in [5.74, 6) is -0.134. The van der Waals surface area contributed by atoms with Crippen LogP contribution in [0, 0.1) is 12.7 Å². The van der Waals surface area contributed by atoms with E-state index in [-0.39, 0.29) is 11.4 Å². The Labute approximate surface area is 116 Å². The van der Waals surface area contributed by atoms with Gasteiger partial charge in [-0.3, -0.25) is 0 Å². The molecule has 106 valence electrons. The lowest BCUT2D eigenvalue weighted by Gasteiger charge is -2.36. The van der Waals surface area contributed by atoms with Crippen LogP contribution in [0.1, 0.15) is 38.7 Å². The number of halogens is 1. The van der Waals surface area contributed by atoms with E-state index in [1.54, 1.807) is 12.1 Å². The van der Waals surface area contributed by atoms with Crippen molar-refractivity contribution in [2.24, 2.45) is 0 Å². The maximum absolute atomic E-state index is 13.6. The molecule has 0 amide bonds. The van der Waals surface area contributed by atoms with Gasteiger partial charge in [-0.2, -0.15) is 0 Å². The third-order valence-electron chi connectivity index (χ3n) is 4.34. The van der Waals surface area contributed by atoms with Crippen LogP contribution in [-0.2, 0) is 0 Å². The first kappa shape index (κ1) is 14.3. The normalized spacial score (nSPS) is 19.3. The Bertz CT molecular complexity index is 407. The molecule has 2 rings (SSSR count). The molecule has 1 aromatic carbocycles. The van der Waals surface area contributed by atoms with Gasteiger partial charge in [0.15, 0.2) is 0 Å². The molecule has 0 aliphatic carbocycles. The maximum Gasteiger partial charge on any atom is 0.125 e. The highest BCUT2D eigenvalue weighted by molar-refractivity contribution is 5.49. The average Bonchev–Trinajstić information content (AvgIpc) is 2.61. The van der Waals surface area contributed by atoms with Crippen LogP contribution in [0.4, 0.5) is 10.1 Å². The summed E-state index contributed by atoms with van der Waals surface area (Å²) < 4.78 is 13.6. The molecule has 1 aromatic rings. The number of benzene rings is 1. The Morgan fingerprint density at radius 3 is 2.63 bits per heavy atom. The van der Waals surface area contributed by atoms with Gasteiger partial charge in [-0.05, 0) is 56.5 Å². The van der Waals surface area contributed by atoms with Gasteiger partial charge in [-0.1, -0.05) is 13.8 Å². The summed E-state index contributed by atoms with van der Waals surface area (Å²) in [6.45, 7) is 9.43. The van der Waals surface area contributed by atoms with Gasteiger partial charge in [0.1, 0.15) is 5.82 Å². The quantitative estimate of drug-likeness (QED) is 0.899. The van der Waals surface area contributed by atoms with E-state index in [1.165, 1.54) is 0 Å². The van der Waals surface area contributed by atoms with Crippen molar-refractivity contribution in [1.82, 2.24) is 5.32 Å². The van der Waals surface area contributed by atoms with Gasteiger partial charge < -0.3 is 10.2 Å². The molecule has 1 aliphatic rings. The second-order valence-corrected chi connectivity index (χ2v) is 5.68. The van der Waals surface area contributed by atoms with Gasteiger partial charge in [0.25, 0.3) is 0 Å². The van der Waals surface area contributed by atoms with Crippen molar-refractivity contribution in [2.75, 3.05) is 24.5 Å². The van der Waals surface area contributed by atoms with E-state index in [0.29, 0.717) is 0 Å². The summed E-state index contributed by atoms with van der Waals surface area (Å²) >= 11 is 0. The first-order valence-electron chi connectivity index (χ1n) is 7.36. The summed E-state index contributed by atoms with van der Waals surface area (Å²) in [6, 6.07) is 5.34. The number of anilines is 1. The zero-order valence-corrected chi connectivity index (χ0v) is 12.3. The second kappa shape index (κ2) is 5.91. The molecule has 0 radical (unpaired) electrons. The lowest BCUT2D eigenvalue weighted by atomic mass is 9.92. The molecule has 0 saturated carbocycles. The average molecular weight is 264 g/mol. The van der Waals surface area contributed by atoms with Crippen molar-refractivity contribution in [3.63, 3.8) is 0 Å². The van der Waals surface area contributed by atoms with E-state index in [4.69, 9.17) is 0 Å². The molecule has 0 bridgehead atoms. The van der Waals surface area contributed by atoms with E-state index < -0.39 is 0 Å². The van der Waals surface area contributed by atoms with Crippen LogP contribution in [0.5, 0.6) is 0 Å². The third kappa shape index (κ3) is 3.27. The first-order valence-corrected chi connectivity index (χ1v) is 7.36. The molecule has 1 saturated heterocycles. The van der Waals surface area contributed by atoms with Crippen LogP contribution in [0.25, 0.3) is 0 Å². The number of rotatable bonds is 3. The van der Waals surface area contributed by atoms with Crippen LogP contribution in [0.15, 0.2) is 18.2 Å². The number of nitrogens with one attached hydrogen (secondary N) is 1. The molecule has 3 heteroatoms. The minimum Gasteiger partial charge on any atom is -0.370 e. The Morgan fingerprint density at radius 2 is 2.00 bits per heavy atom. The summed E-state index contributed by atoms with van der Waals surface area (Å²) in [6.07, 6.45) is 3.32. The van der Waals surface area contributed by atoms with Crippen molar-refractivity contribution >= 4 is 5.69 Å². The topological polar surface area (TPSA) is 15.3 Å². The SMILES string of the molecule is CCC1(CC)CN(c2cc(C)cc(F)c2)CCCN1. The lowest BCUT2D eigenvalue weighted by Crippen LogP contribution is -2.50. The molecule has 1 fully saturated rings. The van der Waals surface area contributed by atoms with E-state index in [0.717, 1.165) is 50.1 Å². The standard InChI is InChI=1S/C16H25FN2/c1-4-16(5-2)12-19(8-6-7-18-16)15-10-13(3)9-14(17)11-15/h9-11,18H,4-8,12H2,1-3H3. The fraction of sp³-hybridized carbons (Fsp3) is 0.625. The zero-order valence-electron chi connectivity index (χ0n) is 12.3. The smallest absolute Gasteiger partial charge is 0.125 e. The monoisotopic (exact) mass is 264 g/mol. The predicted molar refractivity (Wildman–Crippen MR) is 79.3 cm³/mol. The van der Waals surface area contributed by atoms with E-state index >= 15 is 0 Å². The second-order valence-electron chi connectivity index (χ2n) is 5.68. The van der Waals surface area contributed by atoms with Crippen molar-refractivity contribution in [1.29, 1.82) is 0 Å². The molecule has 19 heavy (non-hydrogen) atoms. The number of hydrogen-bond donors (Lipinski definition) is 1. The highest BCUT2D eigenvalue weighted by Crippen LogP contribution is 2.25. The van der Waals surface area contributed by atoms with Crippen LogP contribution in [0.2, 0.25) is 0 Å². The Hall–Kier alpha value is -1.09. The molecule has 0 aromatic heterocycles. The molecule has 2 nitrogen and oxygen atoms in total. The Balaban J connectivity index is 2.27. The van der Waals surface area contributed by atoms with E-state index in [2.05, 4.69) is 30.1 Å². The molecule has 1 N–H and O–H groups in total. The van der Waals surface area contributed by atoms with E-state index in [9.17, 15) is 4.39 Å². The summed E-state index contributed by atoms with van der Waals surface area (Å²) in [4.78, 5) is 2.34.